The van der Waals surface area contributed by atoms with Gasteiger partial charge >= 0.3 is 0 Å². The van der Waals surface area contributed by atoms with Gasteiger partial charge in [-0.2, -0.15) is 16.8 Å². The standard InChI is InChI=1S/C7H8O6S3/c1-14-6-3-2-5(15(8,9)10)4-7(6)16(11,12)13/h2-4H,1H3,(H,8,9,10)(H,11,12,13). The lowest BCUT2D eigenvalue weighted by Gasteiger charge is -2.05. The third-order valence-corrected chi connectivity index (χ3v) is 4.38. The van der Waals surface area contributed by atoms with Gasteiger partial charge in [-0.25, -0.2) is 0 Å². The van der Waals surface area contributed by atoms with E-state index in [-0.39, 0.29) is 4.90 Å². The van der Waals surface area contributed by atoms with Crippen LogP contribution in [0.1, 0.15) is 0 Å². The van der Waals surface area contributed by atoms with Gasteiger partial charge in [-0.1, -0.05) is 0 Å². The molecule has 0 aliphatic carbocycles. The van der Waals surface area contributed by atoms with Crippen molar-refractivity contribution in [2.24, 2.45) is 0 Å². The van der Waals surface area contributed by atoms with E-state index in [1.54, 1.807) is 6.26 Å². The molecule has 0 radical (unpaired) electrons. The first-order valence-corrected chi connectivity index (χ1v) is 7.90. The fourth-order valence-corrected chi connectivity index (χ4v) is 3.23. The van der Waals surface area contributed by atoms with Crippen molar-refractivity contribution >= 4 is 32.0 Å². The molecule has 1 aromatic carbocycles. The number of thioether (sulfide) groups is 1. The van der Waals surface area contributed by atoms with Crippen LogP contribution in [0, 0.1) is 0 Å². The molecule has 6 nitrogen and oxygen atoms in total. The zero-order valence-electron chi connectivity index (χ0n) is 7.98. The lowest BCUT2D eigenvalue weighted by atomic mass is 10.4. The van der Waals surface area contributed by atoms with Gasteiger partial charge < -0.3 is 0 Å². The lowest BCUT2D eigenvalue weighted by molar-refractivity contribution is 0.479. The monoisotopic (exact) mass is 284 g/mol. The second-order valence-electron chi connectivity index (χ2n) is 2.76. The third kappa shape index (κ3) is 2.95. The van der Waals surface area contributed by atoms with E-state index in [4.69, 9.17) is 9.11 Å². The van der Waals surface area contributed by atoms with Crippen LogP contribution < -0.4 is 0 Å². The number of rotatable bonds is 3. The molecule has 0 spiro atoms. The lowest BCUT2D eigenvalue weighted by Crippen LogP contribution is -2.04. The van der Waals surface area contributed by atoms with Crippen LogP contribution in [-0.4, -0.2) is 32.2 Å². The van der Waals surface area contributed by atoms with E-state index in [0.717, 1.165) is 17.8 Å². The first-order valence-electron chi connectivity index (χ1n) is 3.79. The summed E-state index contributed by atoms with van der Waals surface area (Å²) in [5, 5.41) is 0. The largest absolute Gasteiger partial charge is 0.295 e. The van der Waals surface area contributed by atoms with Gasteiger partial charge in [-0.05, 0) is 24.5 Å². The van der Waals surface area contributed by atoms with E-state index in [1.165, 1.54) is 6.07 Å². The normalized spacial score (nSPS) is 12.7. The van der Waals surface area contributed by atoms with Crippen LogP contribution in [0.3, 0.4) is 0 Å². The quantitative estimate of drug-likeness (QED) is 0.627. The van der Waals surface area contributed by atoms with Gasteiger partial charge in [0.05, 0.1) is 4.90 Å². The first-order chi connectivity index (χ1) is 7.16. The second-order valence-corrected chi connectivity index (χ2v) is 6.42. The van der Waals surface area contributed by atoms with Crippen LogP contribution in [0.5, 0.6) is 0 Å². The Morgan fingerprint density at radius 2 is 1.62 bits per heavy atom. The fraction of sp³-hybridized carbons (Fsp3) is 0.143. The molecular weight excluding hydrogens is 276 g/mol. The van der Waals surface area contributed by atoms with Crippen LogP contribution in [0.2, 0.25) is 0 Å². The summed E-state index contributed by atoms with van der Waals surface area (Å²) >= 11 is 1.03. The topological polar surface area (TPSA) is 109 Å². The van der Waals surface area contributed by atoms with E-state index in [1.807, 2.05) is 0 Å². The first kappa shape index (κ1) is 13.5. The fourth-order valence-electron chi connectivity index (χ4n) is 1.02. The minimum Gasteiger partial charge on any atom is -0.282 e. The highest BCUT2D eigenvalue weighted by Crippen LogP contribution is 2.27. The molecule has 0 saturated carbocycles. The summed E-state index contributed by atoms with van der Waals surface area (Å²) in [4.78, 5) is -0.942. The predicted octanol–water partition coefficient (Wildman–Crippen LogP) is 0.902. The molecule has 1 aromatic rings. The third-order valence-electron chi connectivity index (χ3n) is 1.71. The minimum absolute atomic E-state index is 0.190. The molecule has 0 heterocycles. The molecule has 90 valence electrons. The molecule has 0 aliphatic rings. The van der Waals surface area contributed by atoms with Crippen molar-refractivity contribution in [2.75, 3.05) is 6.26 Å². The van der Waals surface area contributed by atoms with Gasteiger partial charge in [0.2, 0.25) is 0 Å². The minimum atomic E-state index is -4.52. The number of hydrogen-bond acceptors (Lipinski definition) is 5. The summed E-state index contributed by atoms with van der Waals surface area (Å²) in [7, 11) is -9.02. The number of benzene rings is 1. The Kier molecular flexibility index (Phi) is 3.65. The molecule has 0 fully saturated rings. The van der Waals surface area contributed by atoms with Crippen molar-refractivity contribution in [3.63, 3.8) is 0 Å². The van der Waals surface area contributed by atoms with Gasteiger partial charge in [0.15, 0.2) is 0 Å². The van der Waals surface area contributed by atoms with Crippen molar-refractivity contribution in [1.82, 2.24) is 0 Å². The Balaban J connectivity index is 3.58. The van der Waals surface area contributed by atoms with Gasteiger partial charge in [0, 0.05) is 4.90 Å². The molecule has 0 bridgehead atoms. The molecular formula is C7H8O6S3. The maximum absolute atomic E-state index is 11.0. The van der Waals surface area contributed by atoms with E-state index in [0.29, 0.717) is 6.07 Å². The Bertz CT molecular complexity index is 601. The van der Waals surface area contributed by atoms with E-state index >= 15 is 0 Å². The van der Waals surface area contributed by atoms with E-state index in [2.05, 4.69) is 0 Å². The van der Waals surface area contributed by atoms with Crippen LogP contribution in [0.4, 0.5) is 0 Å². The highest BCUT2D eigenvalue weighted by Gasteiger charge is 2.19. The summed E-state index contributed by atoms with van der Waals surface area (Å²) in [6, 6.07) is 2.95. The van der Waals surface area contributed by atoms with Crippen molar-refractivity contribution < 1.29 is 25.9 Å². The van der Waals surface area contributed by atoms with Crippen LogP contribution in [0.15, 0.2) is 32.9 Å². The summed E-state index contributed by atoms with van der Waals surface area (Å²) in [5.74, 6) is 0. The van der Waals surface area contributed by atoms with Crippen molar-refractivity contribution in [2.45, 2.75) is 14.7 Å². The van der Waals surface area contributed by atoms with Gasteiger partial charge in [-0.15, -0.1) is 11.8 Å². The SMILES string of the molecule is CSc1ccc(S(=O)(=O)O)cc1S(=O)(=O)O. The molecule has 0 saturated heterocycles. The maximum atomic E-state index is 11.0. The molecule has 16 heavy (non-hydrogen) atoms. The molecule has 1 rings (SSSR count). The molecule has 0 aromatic heterocycles. The highest BCUT2D eigenvalue weighted by molar-refractivity contribution is 7.99. The summed E-state index contributed by atoms with van der Waals surface area (Å²) in [6.07, 6.45) is 1.57. The van der Waals surface area contributed by atoms with Crippen LogP contribution in [-0.2, 0) is 20.2 Å². The summed E-state index contributed by atoms with van der Waals surface area (Å²) in [6.45, 7) is 0. The molecule has 0 amide bonds. The van der Waals surface area contributed by atoms with Crippen LogP contribution >= 0.6 is 11.8 Å². The molecule has 2 N–H and O–H groups in total. The average molecular weight is 284 g/mol. The van der Waals surface area contributed by atoms with E-state index in [9.17, 15) is 16.8 Å². The van der Waals surface area contributed by atoms with Gasteiger partial charge in [0.1, 0.15) is 4.90 Å². The molecule has 9 heteroatoms. The summed E-state index contributed by atoms with van der Waals surface area (Å²) in [5.41, 5.74) is 0. The van der Waals surface area contributed by atoms with Gasteiger partial charge in [-0.3, -0.25) is 9.11 Å². The van der Waals surface area contributed by atoms with E-state index < -0.39 is 30.0 Å². The Hall–Kier alpha value is -0.610. The second kappa shape index (κ2) is 4.34. The summed E-state index contributed by atoms with van der Waals surface area (Å²) < 4.78 is 61.1. The zero-order valence-corrected chi connectivity index (χ0v) is 10.4. The van der Waals surface area contributed by atoms with Gasteiger partial charge in [0.25, 0.3) is 20.2 Å². The molecule has 0 aliphatic heterocycles. The Labute approximate surface area is 97.2 Å². The smallest absolute Gasteiger partial charge is 0.282 e. The Morgan fingerprint density at radius 1 is 1.06 bits per heavy atom. The van der Waals surface area contributed by atoms with Crippen molar-refractivity contribution in [3.8, 4) is 0 Å². The maximum Gasteiger partial charge on any atom is 0.295 e. The van der Waals surface area contributed by atoms with Crippen molar-refractivity contribution in [3.05, 3.63) is 18.2 Å². The Morgan fingerprint density at radius 3 is 2.00 bits per heavy atom. The van der Waals surface area contributed by atoms with Crippen molar-refractivity contribution in [1.29, 1.82) is 0 Å². The molecule has 0 unspecified atom stereocenters. The highest BCUT2D eigenvalue weighted by atomic mass is 32.2. The number of hydrogen-bond donors (Lipinski definition) is 2. The predicted molar refractivity (Wildman–Crippen MR) is 57.9 cm³/mol. The molecule has 0 atom stereocenters. The van der Waals surface area contributed by atoms with Crippen LogP contribution in [0.25, 0.3) is 0 Å². The average Bonchev–Trinajstić information content (AvgIpc) is 2.14. The zero-order chi connectivity index (χ0) is 12.6.